The number of halogens is 1. The summed E-state index contributed by atoms with van der Waals surface area (Å²) < 4.78 is 1.01. The lowest BCUT2D eigenvalue weighted by molar-refractivity contribution is -0.143. The second kappa shape index (κ2) is 5.51. The summed E-state index contributed by atoms with van der Waals surface area (Å²) in [6.07, 6.45) is 1.24. The number of rotatable bonds is 5. The third-order valence-electron chi connectivity index (χ3n) is 3.42. The molecule has 1 amide bonds. The molecule has 8 heteroatoms. The van der Waals surface area contributed by atoms with Crippen molar-refractivity contribution in [2.45, 2.75) is 12.8 Å². The second-order valence-electron chi connectivity index (χ2n) is 4.91. The minimum absolute atomic E-state index is 0.165. The van der Waals surface area contributed by atoms with E-state index in [0.29, 0.717) is 18.5 Å². The second-order valence-corrected chi connectivity index (χ2v) is 8.23. The lowest BCUT2D eigenvalue weighted by Crippen LogP contribution is -2.34. The lowest BCUT2D eigenvalue weighted by atomic mass is 10.1. The van der Waals surface area contributed by atoms with Gasteiger partial charge in [-0.25, -0.2) is 4.98 Å². The summed E-state index contributed by atoms with van der Waals surface area (Å²) in [6, 6.07) is 3.88. The highest BCUT2D eigenvalue weighted by Gasteiger charge is 2.50. The van der Waals surface area contributed by atoms with Gasteiger partial charge in [-0.2, -0.15) is 0 Å². The van der Waals surface area contributed by atoms with Crippen molar-refractivity contribution in [1.82, 2.24) is 10.3 Å². The number of amides is 1. The number of nitrogens with one attached hydrogen (secondary N) is 1. The molecule has 1 aliphatic rings. The van der Waals surface area contributed by atoms with Crippen LogP contribution in [0.15, 0.2) is 21.3 Å². The molecule has 110 valence electrons. The van der Waals surface area contributed by atoms with Crippen molar-refractivity contribution >= 4 is 50.5 Å². The van der Waals surface area contributed by atoms with Crippen LogP contribution in [-0.4, -0.2) is 28.5 Å². The molecule has 1 saturated carbocycles. The predicted octanol–water partition coefficient (Wildman–Crippen LogP) is 3.23. The highest BCUT2D eigenvalue weighted by atomic mass is 79.9. The predicted molar refractivity (Wildman–Crippen MR) is 84.8 cm³/mol. The molecule has 0 bridgehead atoms. The molecule has 5 nitrogen and oxygen atoms in total. The zero-order valence-electron chi connectivity index (χ0n) is 10.8. The summed E-state index contributed by atoms with van der Waals surface area (Å²) in [5.41, 5.74) is -0.423. The van der Waals surface area contributed by atoms with E-state index in [-0.39, 0.29) is 12.5 Å². The summed E-state index contributed by atoms with van der Waals surface area (Å²) in [5.74, 6) is -1.16. The van der Waals surface area contributed by atoms with Crippen molar-refractivity contribution in [2.24, 2.45) is 5.41 Å². The van der Waals surface area contributed by atoms with Gasteiger partial charge in [-0.3, -0.25) is 9.59 Å². The van der Waals surface area contributed by atoms with Gasteiger partial charge in [-0.05, 0) is 40.9 Å². The van der Waals surface area contributed by atoms with Gasteiger partial charge < -0.3 is 10.4 Å². The Morgan fingerprint density at radius 1 is 1.43 bits per heavy atom. The molecule has 0 atom stereocenters. The molecular weight excluding hydrogens is 376 g/mol. The standard InChI is InChI=1S/C13H11BrN2O3S2/c14-9-2-1-8(21-9)11-16-7(5-20-11)10(17)15-6-13(3-4-13)12(18)19/h1-2,5H,3-4,6H2,(H,15,17)(H,18,19). The van der Waals surface area contributed by atoms with Crippen LogP contribution < -0.4 is 5.32 Å². The van der Waals surface area contributed by atoms with E-state index >= 15 is 0 Å². The van der Waals surface area contributed by atoms with Crippen LogP contribution in [0.1, 0.15) is 23.3 Å². The minimum Gasteiger partial charge on any atom is -0.481 e. The summed E-state index contributed by atoms with van der Waals surface area (Å²) in [5, 5.41) is 14.2. The van der Waals surface area contributed by atoms with Gasteiger partial charge in [0.2, 0.25) is 0 Å². The van der Waals surface area contributed by atoms with E-state index in [1.54, 1.807) is 16.7 Å². The van der Waals surface area contributed by atoms with E-state index in [0.717, 1.165) is 13.7 Å². The third kappa shape index (κ3) is 3.02. The maximum atomic E-state index is 12.0. The van der Waals surface area contributed by atoms with Gasteiger partial charge in [-0.1, -0.05) is 0 Å². The first kappa shape index (κ1) is 14.7. The third-order valence-corrected chi connectivity index (χ3v) is 6.05. The summed E-state index contributed by atoms with van der Waals surface area (Å²) in [6.45, 7) is 0.165. The van der Waals surface area contributed by atoms with Crippen LogP contribution in [-0.2, 0) is 4.79 Å². The summed E-state index contributed by atoms with van der Waals surface area (Å²) >= 11 is 6.35. The maximum absolute atomic E-state index is 12.0. The number of carbonyl (C=O) groups is 2. The average Bonchev–Trinajstić information content (AvgIpc) is 2.88. The van der Waals surface area contributed by atoms with Gasteiger partial charge in [0, 0.05) is 11.9 Å². The molecule has 1 aliphatic carbocycles. The summed E-state index contributed by atoms with van der Waals surface area (Å²) in [4.78, 5) is 28.4. The number of carboxylic acid groups (broad SMARTS) is 1. The molecular formula is C13H11BrN2O3S2. The van der Waals surface area contributed by atoms with Gasteiger partial charge in [0.1, 0.15) is 10.7 Å². The molecule has 0 unspecified atom stereocenters. The Labute approximate surface area is 137 Å². The van der Waals surface area contributed by atoms with Crippen molar-refractivity contribution in [2.75, 3.05) is 6.54 Å². The Hall–Kier alpha value is -1.25. The largest absolute Gasteiger partial charge is 0.481 e. The molecule has 2 N–H and O–H groups in total. The Bertz CT molecular complexity index is 706. The Morgan fingerprint density at radius 2 is 2.19 bits per heavy atom. The van der Waals surface area contributed by atoms with E-state index in [2.05, 4.69) is 26.2 Å². The molecule has 2 heterocycles. The van der Waals surface area contributed by atoms with Crippen LogP contribution in [0.2, 0.25) is 0 Å². The van der Waals surface area contributed by atoms with E-state index in [9.17, 15) is 9.59 Å². The number of thiazole rings is 1. The average molecular weight is 387 g/mol. The highest BCUT2D eigenvalue weighted by molar-refractivity contribution is 9.11. The fourth-order valence-corrected chi connectivity index (χ4v) is 4.14. The topological polar surface area (TPSA) is 79.3 Å². The SMILES string of the molecule is O=C(NCC1(C(=O)O)CC1)c1csc(-c2ccc(Br)s2)n1. The van der Waals surface area contributed by atoms with Crippen molar-refractivity contribution in [3.8, 4) is 9.88 Å². The molecule has 0 aliphatic heterocycles. The fourth-order valence-electron chi connectivity index (χ4n) is 1.88. The van der Waals surface area contributed by atoms with Crippen LogP contribution in [0.5, 0.6) is 0 Å². The number of aromatic nitrogens is 1. The molecule has 0 aromatic carbocycles. The molecule has 0 saturated heterocycles. The molecule has 3 rings (SSSR count). The molecule has 0 spiro atoms. The zero-order valence-corrected chi connectivity index (χ0v) is 14.0. The highest BCUT2D eigenvalue weighted by Crippen LogP contribution is 2.45. The maximum Gasteiger partial charge on any atom is 0.311 e. The van der Waals surface area contributed by atoms with E-state index < -0.39 is 11.4 Å². The molecule has 0 radical (unpaired) electrons. The number of thiophene rings is 1. The minimum atomic E-state index is -0.842. The molecule has 21 heavy (non-hydrogen) atoms. The van der Waals surface area contributed by atoms with Gasteiger partial charge in [-0.15, -0.1) is 22.7 Å². The molecule has 2 aromatic rings. The zero-order chi connectivity index (χ0) is 15.0. The van der Waals surface area contributed by atoms with Crippen molar-refractivity contribution in [3.63, 3.8) is 0 Å². The van der Waals surface area contributed by atoms with Gasteiger partial charge in [0.05, 0.1) is 14.1 Å². The van der Waals surface area contributed by atoms with Crippen LogP contribution in [0.4, 0.5) is 0 Å². The van der Waals surface area contributed by atoms with Gasteiger partial charge in [0.25, 0.3) is 5.91 Å². The quantitative estimate of drug-likeness (QED) is 0.826. The monoisotopic (exact) mass is 386 g/mol. The number of carbonyl (C=O) groups excluding carboxylic acids is 1. The van der Waals surface area contributed by atoms with Crippen LogP contribution in [0, 0.1) is 5.41 Å². The van der Waals surface area contributed by atoms with E-state index in [4.69, 9.17) is 5.11 Å². The van der Waals surface area contributed by atoms with Crippen LogP contribution >= 0.6 is 38.6 Å². The number of hydrogen-bond donors (Lipinski definition) is 2. The Balaban J connectivity index is 1.66. The first-order valence-electron chi connectivity index (χ1n) is 6.23. The van der Waals surface area contributed by atoms with E-state index in [1.165, 1.54) is 11.3 Å². The number of hydrogen-bond acceptors (Lipinski definition) is 5. The van der Waals surface area contributed by atoms with E-state index in [1.807, 2.05) is 12.1 Å². The fraction of sp³-hybridized carbons (Fsp3) is 0.308. The normalized spacial score (nSPS) is 15.7. The van der Waals surface area contributed by atoms with Crippen LogP contribution in [0.25, 0.3) is 9.88 Å². The first-order valence-corrected chi connectivity index (χ1v) is 8.72. The smallest absolute Gasteiger partial charge is 0.311 e. The van der Waals surface area contributed by atoms with Crippen molar-refractivity contribution < 1.29 is 14.7 Å². The van der Waals surface area contributed by atoms with Crippen LogP contribution in [0.3, 0.4) is 0 Å². The van der Waals surface area contributed by atoms with Gasteiger partial charge in [0.15, 0.2) is 0 Å². The van der Waals surface area contributed by atoms with Crippen molar-refractivity contribution in [1.29, 1.82) is 0 Å². The van der Waals surface area contributed by atoms with Crippen molar-refractivity contribution in [3.05, 3.63) is 27.0 Å². The molecule has 1 fully saturated rings. The number of aliphatic carboxylic acids is 1. The van der Waals surface area contributed by atoms with Gasteiger partial charge >= 0.3 is 5.97 Å². The summed E-state index contributed by atoms with van der Waals surface area (Å²) in [7, 11) is 0. The lowest BCUT2D eigenvalue weighted by Gasteiger charge is -2.09. The number of carboxylic acids is 1. The number of nitrogens with zero attached hydrogens (tertiary/aromatic N) is 1. The first-order chi connectivity index (χ1) is 10.00. The molecule has 2 aromatic heterocycles. The Morgan fingerprint density at radius 3 is 2.76 bits per heavy atom. The Kier molecular flexibility index (Phi) is 3.85.